The SMILES string of the molecule is CCCc1ccc(-c2ccc(CCc3ccc(C)c(F)c3C(F)(F)F)cc2)cc1. The molecular weight excluding hydrogens is 376 g/mol. The normalized spacial score (nSPS) is 11.7. The van der Waals surface area contributed by atoms with Gasteiger partial charge >= 0.3 is 6.18 Å². The summed E-state index contributed by atoms with van der Waals surface area (Å²) in [5, 5.41) is 0. The number of benzene rings is 3. The van der Waals surface area contributed by atoms with E-state index in [1.807, 2.05) is 24.3 Å². The molecule has 0 saturated carbocycles. The molecule has 0 atom stereocenters. The van der Waals surface area contributed by atoms with Crippen LogP contribution in [0.1, 0.15) is 41.2 Å². The molecular formula is C25H24F4. The monoisotopic (exact) mass is 400 g/mol. The van der Waals surface area contributed by atoms with Gasteiger partial charge in [0.05, 0.1) is 5.56 Å². The summed E-state index contributed by atoms with van der Waals surface area (Å²) >= 11 is 0. The summed E-state index contributed by atoms with van der Waals surface area (Å²) in [5.74, 6) is -1.17. The maximum absolute atomic E-state index is 14.1. The fraction of sp³-hybridized carbons (Fsp3) is 0.280. The van der Waals surface area contributed by atoms with Crippen LogP contribution in [-0.2, 0) is 25.4 Å². The average Bonchev–Trinajstić information content (AvgIpc) is 2.69. The van der Waals surface area contributed by atoms with Gasteiger partial charge < -0.3 is 0 Å². The van der Waals surface area contributed by atoms with Crippen molar-refractivity contribution in [2.24, 2.45) is 0 Å². The van der Waals surface area contributed by atoms with Crippen LogP contribution in [0.3, 0.4) is 0 Å². The van der Waals surface area contributed by atoms with Gasteiger partial charge in [-0.15, -0.1) is 0 Å². The zero-order chi connectivity index (χ0) is 21.0. The Morgan fingerprint density at radius 3 is 1.69 bits per heavy atom. The second kappa shape index (κ2) is 8.81. The molecule has 4 heteroatoms. The van der Waals surface area contributed by atoms with E-state index in [-0.39, 0.29) is 17.5 Å². The van der Waals surface area contributed by atoms with Crippen molar-refractivity contribution in [2.45, 2.75) is 45.7 Å². The highest BCUT2D eigenvalue weighted by molar-refractivity contribution is 5.64. The molecule has 0 aliphatic carbocycles. The van der Waals surface area contributed by atoms with Gasteiger partial charge in [0.15, 0.2) is 0 Å². The third kappa shape index (κ3) is 5.06. The molecule has 3 aromatic carbocycles. The third-order valence-electron chi connectivity index (χ3n) is 5.17. The minimum Gasteiger partial charge on any atom is -0.206 e. The second-order valence-corrected chi connectivity index (χ2v) is 7.37. The molecule has 0 saturated heterocycles. The minimum atomic E-state index is -4.70. The number of hydrogen-bond donors (Lipinski definition) is 0. The average molecular weight is 400 g/mol. The molecule has 0 radical (unpaired) electrons. The van der Waals surface area contributed by atoms with Gasteiger partial charge in [-0.2, -0.15) is 13.2 Å². The van der Waals surface area contributed by atoms with Gasteiger partial charge in [-0.3, -0.25) is 0 Å². The zero-order valence-electron chi connectivity index (χ0n) is 16.6. The molecule has 0 N–H and O–H groups in total. The maximum Gasteiger partial charge on any atom is 0.419 e. The van der Waals surface area contributed by atoms with E-state index < -0.39 is 17.6 Å². The standard InChI is InChI=1S/C25H24F4/c1-3-4-18-6-12-20(13-7-18)21-14-8-19(9-15-21)10-16-22-11-5-17(2)24(26)23(22)25(27,28)29/h5-9,11-15H,3-4,10,16H2,1-2H3. The zero-order valence-corrected chi connectivity index (χ0v) is 16.6. The van der Waals surface area contributed by atoms with Crippen LogP contribution in [0.25, 0.3) is 11.1 Å². The number of rotatable bonds is 6. The first-order valence-electron chi connectivity index (χ1n) is 9.83. The smallest absolute Gasteiger partial charge is 0.206 e. The molecule has 0 heterocycles. The van der Waals surface area contributed by atoms with Gasteiger partial charge in [0.25, 0.3) is 0 Å². The molecule has 0 aromatic heterocycles. The Morgan fingerprint density at radius 1 is 0.690 bits per heavy atom. The Bertz CT molecular complexity index is 952. The number of halogens is 4. The van der Waals surface area contributed by atoms with Crippen molar-refractivity contribution in [3.63, 3.8) is 0 Å². The van der Waals surface area contributed by atoms with Crippen LogP contribution in [-0.4, -0.2) is 0 Å². The highest BCUT2D eigenvalue weighted by Crippen LogP contribution is 2.36. The first-order valence-corrected chi connectivity index (χ1v) is 9.83. The van der Waals surface area contributed by atoms with Gasteiger partial charge in [0, 0.05) is 0 Å². The molecule has 0 nitrogen and oxygen atoms in total. The van der Waals surface area contributed by atoms with E-state index in [1.165, 1.54) is 24.6 Å². The molecule has 0 spiro atoms. The predicted octanol–water partition coefficient (Wildman–Crippen LogP) is 7.56. The summed E-state index contributed by atoms with van der Waals surface area (Å²) < 4.78 is 54.0. The first kappa shape index (κ1) is 21.1. The fourth-order valence-corrected chi connectivity index (χ4v) is 3.53. The van der Waals surface area contributed by atoms with Crippen LogP contribution in [0.5, 0.6) is 0 Å². The van der Waals surface area contributed by atoms with Crippen LogP contribution in [0.15, 0.2) is 60.7 Å². The molecule has 0 aliphatic heterocycles. The van der Waals surface area contributed by atoms with E-state index in [1.54, 1.807) is 0 Å². The van der Waals surface area contributed by atoms with Crippen LogP contribution >= 0.6 is 0 Å². The number of aryl methyl sites for hydroxylation is 4. The van der Waals surface area contributed by atoms with E-state index in [0.29, 0.717) is 6.42 Å². The van der Waals surface area contributed by atoms with E-state index in [0.717, 1.165) is 29.5 Å². The van der Waals surface area contributed by atoms with Crippen molar-refractivity contribution in [1.82, 2.24) is 0 Å². The van der Waals surface area contributed by atoms with Gasteiger partial charge in [-0.1, -0.05) is 74.0 Å². The quantitative estimate of drug-likeness (QED) is 0.375. The Labute approximate surface area is 169 Å². The predicted molar refractivity (Wildman–Crippen MR) is 109 cm³/mol. The molecule has 0 bridgehead atoms. The molecule has 0 amide bonds. The Balaban J connectivity index is 1.74. The first-order chi connectivity index (χ1) is 13.8. The summed E-state index contributed by atoms with van der Waals surface area (Å²) in [7, 11) is 0. The molecule has 152 valence electrons. The number of hydrogen-bond acceptors (Lipinski definition) is 0. The van der Waals surface area contributed by atoms with Crippen LogP contribution < -0.4 is 0 Å². The van der Waals surface area contributed by atoms with Crippen molar-refractivity contribution in [2.75, 3.05) is 0 Å². The molecule has 0 unspecified atom stereocenters. The highest BCUT2D eigenvalue weighted by Gasteiger charge is 2.37. The van der Waals surface area contributed by atoms with Crippen molar-refractivity contribution < 1.29 is 17.6 Å². The summed E-state index contributed by atoms with van der Waals surface area (Å²) in [6, 6.07) is 19.0. The molecule has 3 rings (SSSR count). The highest BCUT2D eigenvalue weighted by atomic mass is 19.4. The minimum absolute atomic E-state index is 0.00353. The van der Waals surface area contributed by atoms with Crippen molar-refractivity contribution >= 4 is 0 Å². The second-order valence-electron chi connectivity index (χ2n) is 7.37. The molecule has 3 aromatic rings. The largest absolute Gasteiger partial charge is 0.419 e. The van der Waals surface area contributed by atoms with E-state index in [2.05, 4.69) is 31.2 Å². The molecule has 29 heavy (non-hydrogen) atoms. The lowest BCUT2D eigenvalue weighted by molar-refractivity contribution is -0.140. The van der Waals surface area contributed by atoms with Crippen LogP contribution in [0.2, 0.25) is 0 Å². The van der Waals surface area contributed by atoms with Crippen molar-refractivity contribution in [1.29, 1.82) is 0 Å². The van der Waals surface area contributed by atoms with E-state index in [9.17, 15) is 17.6 Å². The Kier molecular flexibility index (Phi) is 6.41. The molecule has 0 fully saturated rings. The van der Waals surface area contributed by atoms with E-state index >= 15 is 0 Å². The maximum atomic E-state index is 14.1. The van der Waals surface area contributed by atoms with Gasteiger partial charge in [0.1, 0.15) is 5.82 Å². The van der Waals surface area contributed by atoms with Gasteiger partial charge in [-0.25, -0.2) is 4.39 Å². The lowest BCUT2D eigenvalue weighted by Gasteiger charge is -2.15. The Morgan fingerprint density at radius 2 is 1.21 bits per heavy atom. The summed E-state index contributed by atoms with van der Waals surface area (Å²) in [6.07, 6.45) is -1.98. The fourth-order valence-electron chi connectivity index (χ4n) is 3.53. The van der Waals surface area contributed by atoms with Crippen molar-refractivity contribution in [3.05, 3.63) is 94.3 Å². The van der Waals surface area contributed by atoms with Gasteiger partial charge in [-0.05, 0) is 59.6 Å². The lowest BCUT2D eigenvalue weighted by Crippen LogP contribution is -2.14. The number of alkyl halides is 3. The third-order valence-corrected chi connectivity index (χ3v) is 5.17. The van der Waals surface area contributed by atoms with Crippen molar-refractivity contribution in [3.8, 4) is 11.1 Å². The Hall–Kier alpha value is -2.62. The summed E-state index contributed by atoms with van der Waals surface area (Å²) in [4.78, 5) is 0. The lowest BCUT2D eigenvalue weighted by atomic mass is 9.96. The van der Waals surface area contributed by atoms with Gasteiger partial charge in [0.2, 0.25) is 0 Å². The molecule has 0 aliphatic rings. The summed E-state index contributed by atoms with van der Waals surface area (Å²) in [6.45, 7) is 3.50. The van der Waals surface area contributed by atoms with E-state index in [4.69, 9.17) is 0 Å². The summed E-state index contributed by atoms with van der Waals surface area (Å²) in [5.41, 5.74) is 3.27. The topological polar surface area (TPSA) is 0 Å². The van der Waals surface area contributed by atoms with Crippen LogP contribution in [0, 0.1) is 12.7 Å². The van der Waals surface area contributed by atoms with Crippen LogP contribution in [0.4, 0.5) is 17.6 Å².